The maximum Gasteiger partial charge on any atom is 0.308 e. The summed E-state index contributed by atoms with van der Waals surface area (Å²) >= 11 is 0. The first-order valence-corrected chi connectivity index (χ1v) is 16.7. The molecule has 2 aromatic rings. The second-order valence-corrected chi connectivity index (χ2v) is 13.8. The Bertz CT molecular complexity index is 1180. The maximum absolute atomic E-state index is 13.8. The zero-order chi connectivity index (χ0) is 29.5. The molecule has 5 heteroatoms. The molecule has 1 amide bonds. The van der Waals surface area contributed by atoms with Crippen LogP contribution in [0.1, 0.15) is 96.1 Å². The van der Waals surface area contributed by atoms with Gasteiger partial charge in [-0.3, -0.25) is 9.59 Å². The number of nitrogens with zero attached hydrogens (tertiary/aromatic N) is 2. The quantitative estimate of drug-likeness (QED) is 0.142. The van der Waals surface area contributed by atoms with Crippen LogP contribution in [0.15, 0.2) is 54.6 Å². The molecule has 5 rings (SSSR count). The van der Waals surface area contributed by atoms with E-state index in [9.17, 15) is 9.59 Å². The lowest BCUT2D eigenvalue weighted by molar-refractivity contribution is -0.136. The lowest BCUT2D eigenvalue weighted by Gasteiger charge is -2.55. The van der Waals surface area contributed by atoms with Gasteiger partial charge in [-0.2, -0.15) is 0 Å². The van der Waals surface area contributed by atoms with Gasteiger partial charge in [-0.05, 0) is 105 Å². The Balaban J connectivity index is 1.29. The fourth-order valence-electron chi connectivity index (χ4n) is 7.74. The number of amides is 1. The lowest BCUT2D eigenvalue weighted by Crippen LogP contribution is -2.57. The minimum Gasteiger partial charge on any atom is -0.427 e. The maximum atomic E-state index is 13.8. The van der Waals surface area contributed by atoms with Crippen molar-refractivity contribution in [3.8, 4) is 5.75 Å². The van der Waals surface area contributed by atoms with Crippen LogP contribution in [0.5, 0.6) is 5.75 Å². The van der Waals surface area contributed by atoms with E-state index >= 15 is 0 Å². The van der Waals surface area contributed by atoms with Crippen molar-refractivity contribution in [2.24, 2.45) is 17.8 Å². The van der Waals surface area contributed by atoms with Gasteiger partial charge in [-0.15, -0.1) is 0 Å². The second-order valence-electron chi connectivity index (χ2n) is 13.8. The number of rotatable bonds is 13. The van der Waals surface area contributed by atoms with E-state index < -0.39 is 0 Å². The first-order chi connectivity index (χ1) is 20.3. The predicted molar refractivity (Wildman–Crippen MR) is 170 cm³/mol. The normalized spacial score (nSPS) is 24.3. The molecular formula is C37H52N2O3. The summed E-state index contributed by atoms with van der Waals surface area (Å²) in [6, 6.07) is 19.2. The van der Waals surface area contributed by atoms with Crippen LogP contribution in [-0.2, 0) is 21.4 Å². The topological polar surface area (TPSA) is 49.9 Å². The number of piperidine rings is 1. The molecule has 0 radical (unpaired) electrons. The Hall–Kier alpha value is -2.66. The molecule has 228 valence electrons. The van der Waals surface area contributed by atoms with E-state index in [4.69, 9.17) is 4.74 Å². The third-order valence-corrected chi connectivity index (χ3v) is 9.99. The van der Waals surface area contributed by atoms with E-state index in [1.807, 2.05) is 12.1 Å². The number of aryl methyl sites for hydroxylation is 1. The van der Waals surface area contributed by atoms with Gasteiger partial charge in [0.05, 0.1) is 0 Å². The minimum absolute atomic E-state index is 0.00429. The molecule has 2 saturated carbocycles. The van der Waals surface area contributed by atoms with Gasteiger partial charge in [0.2, 0.25) is 5.91 Å². The van der Waals surface area contributed by atoms with E-state index in [0.29, 0.717) is 29.9 Å². The summed E-state index contributed by atoms with van der Waals surface area (Å²) in [4.78, 5) is 30.6. The molecule has 0 unspecified atom stereocenters. The Kier molecular flexibility index (Phi) is 10.4. The molecule has 3 aliphatic rings. The van der Waals surface area contributed by atoms with E-state index in [0.717, 1.165) is 76.9 Å². The van der Waals surface area contributed by atoms with E-state index in [2.05, 4.69) is 66.1 Å². The Morgan fingerprint density at radius 1 is 1.00 bits per heavy atom. The smallest absolute Gasteiger partial charge is 0.308 e. The summed E-state index contributed by atoms with van der Waals surface area (Å²) in [6.45, 7) is 10.3. The highest BCUT2D eigenvalue weighted by molar-refractivity contribution is 5.76. The molecule has 1 aliphatic heterocycles. The van der Waals surface area contributed by atoms with Gasteiger partial charge in [-0.25, -0.2) is 0 Å². The molecule has 42 heavy (non-hydrogen) atoms. The molecule has 0 bridgehead atoms. The average Bonchev–Trinajstić information content (AvgIpc) is 3.80. The Morgan fingerprint density at radius 3 is 2.55 bits per heavy atom. The van der Waals surface area contributed by atoms with Crippen LogP contribution in [0.2, 0.25) is 0 Å². The van der Waals surface area contributed by atoms with Crippen LogP contribution in [0.4, 0.5) is 0 Å². The van der Waals surface area contributed by atoms with Crippen molar-refractivity contribution in [1.82, 2.24) is 9.80 Å². The van der Waals surface area contributed by atoms with Crippen LogP contribution in [0, 0.1) is 17.8 Å². The number of carbonyl (C=O) groups excluding carboxylic acids is 2. The second kappa shape index (κ2) is 14.2. The van der Waals surface area contributed by atoms with Crippen LogP contribution in [-0.4, -0.2) is 53.9 Å². The third-order valence-electron chi connectivity index (χ3n) is 9.99. The van der Waals surface area contributed by atoms with Crippen LogP contribution < -0.4 is 4.74 Å². The summed E-state index contributed by atoms with van der Waals surface area (Å²) in [7, 11) is 0. The SMILES string of the molecule is CC(=O)Oc1cccc([C@@]23CCN(CC4CC4)C[C@H]2CC[C@@H](N(CC(C)C)C(=O)CCCCCc2ccccc2)C3)c1. The molecule has 0 aromatic heterocycles. The number of hydrogen-bond acceptors (Lipinski definition) is 4. The molecule has 1 heterocycles. The Morgan fingerprint density at radius 2 is 1.81 bits per heavy atom. The van der Waals surface area contributed by atoms with Crippen LogP contribution in [0.25, 0.3) is 0 Å². The van der Waals surface area contributed by atoms with Crippen molar-refractivity contribution in [2.75, 3.05) is 26.2 Å². The van der Waals surface area contributed by atoms with E-state index in [1.54, 1.807) is 0 Å². The number of esters is 1. The highest BCUT2D eigenvalue weighted by Gasteiger charge is 2.50. The summed E-state index contributed by atoms with van der Waals surface area (Å²) in [6.07, 6.45) is 12.0. The van der Waals surface area contributed by atoms with Crippen molar-refractivity contribution < 1.29 is 14.3 Å². The van der Waals surface area contributed by atoms with Gasteiger partial charge >= 0.3 is 5.97 Å². The number of likely N-dealkylation sites (tertiary alicyclic amines) is 1. The highest BCUT2D eigenvalue weighted by atomic mass is 16.5. The van der Waals surface area contributed by atoms with Crippen molar-refractivity contribution >= 4 is 11.9 Å². The predicted octanol–water partition coefficient (Wildman–Crippen LogP) is 7.42. The number of carbonyl (C=O) groups is 2. The van der Waals surface area contributed by atoms with E-state index in [-0.39, 0.29) is 17.4 Å². The monoisotopic (exact) mass is 572 g/mol. The van der Waals surface area contributed by atoms with Gasteiger partial charge in [0, 0.05) is 44.4 Å². The van der Waals surface area contributed by atoms with Gasteiger partial charge in [0.25, 0.3) is 0 Å². The first kappa shape index (κ1) is 30.8. The fourth-order valence-corrected chi connectivity index (χ4v) is 7.74. The van der Waals surface area contributed by atoms with Crippen molar-refractivity contribution in [1.29, 1.82) is 0 Å². The number of fused-ring (bicyclic) bond motifs is 1. The summed E-state index contributed by atoms with van der Waals surface area (Å²) in [5.41, 5.74) is 2.68. The molecule has 5 nitrogen and oxygen atoms in total. The average molecular weight is 573 g/mol. The summed E-state index contributed by atoms with van der Waals surface area (Å²) in [5.74, 6) is 2.59. The van der Waals surface area contributed by atoms with Crippen molar-refractivity contribution in [2.45, 2.75) is 103 Å². The number of benzene rings is 2. The highest BCUT2D eigenvalue weighted by Crippen LogP contribution is 2.51. The van der Waals surface area contributed by atoms with E-state index in [1.165, 1.54) is 37.4 Å². The lowest BCUT2D eigenvalue weighted by atomic mass is 9.57. The standard InChI is InChI=1S/C37H52N2O3/c1-28(2)25-39(36(41)16-9-5-8-13-30-11-6-4-7-12-30)34-20-19-33-27-38(26-31-17-18-31)22-21-37(33,24-34)32-14-10-15-35(23-32)42-29(3)40/h4,6-7,10-12,14-15,23,28,31,33-34H,5,8-9,13,16-22,24-27H2,1-3H3/t33-,34-,37+/m1/s1. The zero-order valence-electron chi connectivity index (χ0n) is 26.2. The van der Waals surface area contributed by atoms with Gasteiger partial charge in [0.1, 0.15) is 5.75 Å². The molecule has 3 atom stereocenters. The molecule has 2 aromatic carbocycles. The number of ether oxygens (including phenoxy) is 1. The number of hydrogen-bond donors (Lipinski definition) is 0. The molecule has 0 N–H and O–H groups in total. The van der Waals surface area contributed by atoms with Crippen molar-refractivity contribution in [3.05, 3.63) is 65.7 Å². The van der Waals surface area contributed by atoms with Gasteiger partial charge < -0.3 is 14.5 Å². The minimum atomic E-state index is -0.278. The zero-order valence-corrected chi connectivity index (χ0v) is 26.2. The Labute approximate surface area is 254 Å². The number of unbranched alkanes of at least 4 members (excludes halogenated alkanes) is 2. The summed E-state index contributed by atoms with van der Waals surface area (Å²) in [5, 5.41) is 0. The molecule has 0 spiro atoms. The molecule has 3 fully saturated rings. The molecule has 2 aliphatic carbocycles. The fraction of sp³-hybridized carbons (Fsp3) is 0.622. The first-order valence-electron chi connectivity index (χ1n) is 16.7. The largest absolute Gasteiger partial charge is 0.427 e. The molecular weight excluding hydrogens is 520 g/mol. The molecule has 1 saturated heterocycles. The third kappa shape index (κ3) is 8.03. The van der Waals surface area contributed by atoms with Gasteiger partial charge in [0.15, 0.2) is 0 Å². The van der Waals surface area contributed by atoms with Crippen LogP contribution in [0.3, 0.4) is 0 Å². The van der Waals surface area contributed by atoms with Crippen molar-refractivity contribution in [3.63, 3.8) is 0 Å². The van der Waals surface area contributed by atoms with Crippen LogP contribution >= 0.6 is 0 Å². The summed E-state index contributed by atoms with van der Waals surface area (Å²) < 4.78 is 5.55. The van der Waals surface area contributed by atoms with Gasteiger partial charge in [-0.1, -0.05) is 62.7 Å².